The van der Waals surface area contributed by atoms with Crippen LogP contribution in [0.5, 0.6) is 0 Å². The summed E-state index contributed by atoms with van der Waals surface area (Å²) < 4.78 is 35.2. The van der Waals surface area contributed by atoms with Crippen LogP contribution < -0.4 is 57.1 Å². The molecule has 0 saturated carbocycles. The molecule has 0 aliphatic heterocycles. The van der Waals surface area contributed by atoms with Crippen molar-refractivity contribution in [3.05, 3.63) is 0 Å². The monoisotopic (exact) mass is 193 g/mol. The number of hydrogen-bond acceptors (Lipinski definition) is 1. The number of rotatable bonds is 3. The third-order valence-corrected chi connectivity index (χ3v) is 1.23. The van der Waals surface area contributed by atoms with Crippen molar-refractivity contribution < 1.29 is 64.3 Å². The van der Waals surface area contributed by atoms with Gasteiger partial charge in [0.25, 0.3) is 0 Å². The first-order valence-corrected chi connectivity index (χ1v) is 3.29. The quantitative estimate of drug-likeness (QED) is 0.557. The van der Waals surface area contributed by atoms with Crippen LogP contribution in [0.1, 0.15) is 20.3 Å². The third-order valence-electron chi connectivity index (χ3n) is 1.23. The predicted molar refractivity (Wildman–Crippen MR) is 36.5 cm³/mol. The Kier molecular flexibility index (Phi) is 8.14. The first-order chi connectivity index (χ1) is 4.34. The summed E-state index contributed by atoms with van der Waals surface area (Å²) in [5, 5.41) is 0. The molecule has 6 heteroatoms. The van der Waals surface area contributed by atoms with E-state index in [2.05, 4.69) is 0 Å². The van der Waals surface area contributed by atoms with Crippen molar-refractivity contribution in [3.8, 4) is 0 Å². The summed E-state index contributed by atoms with van der Waals surface area (Å²) in [6.07, 6.45) is 0.0312. The van der Waals surface area contributed by atoms with E-state index in [-0.39, 0.29) is 63.7 Å². The van der Waals surface area contributed by atoms with Crippen LogP contribution in [0.3, 0.4) is 0 Å². The Hall–Kier alpha value is 1.45. The average Bonchev–Trinajstić information content (AvgIpc) is 1.60. The minimum atomic E-state index is -4.82. The first-order valence-electron chi connectivity index (χ1n) is 3.29. The van der Waals surface area contributed by atoms with Crippen molar-refractivity contribution in [2.75, 3.05) is 0 Å². The smallest absolute Gasteiger partial charge is 0.448 e. The molecule has 0 aromatic heterocycles. The second kappa shape index (κ2) is 5.99. The Morgan fingerprint density at radius 3 is 1.73 bits per heavy atom. The van der Waals surface area contributed by atoms with E-state index in [0.717, 1.165) is 0 Å². The molecule has 0 fully saturated rings. The fourth-order valence-electron chi connectivity index (χ4n) is 0.699. The van der Waals surface area contributed by atoms with Gasteiger partial charge in [0, 0.05) is 0 Å². The first kappa shape index (κ1) is 14.9. The maximum Gasteiger partial charge on any atom is 1.00 e. The van der Waals surface area contributed by atoms with Crippen LogP contribution in [-0.4, -0.2) is 12.9 Å². The van der Waals surface area contributed by atoms with Gasteiger partial charge in [-0.2, -0.15) is 0 Å². The van der Waals surface area contributed by atoms with Crippen molar-refractivity contribution >= 4 is 6.98 Å². The maximum absolute atomic E-state index is 11.7. The Morgan fingerprint density at radius 2 is 1.64 bits per heavy atom. The molecule has 1 atom stereocenters. The summed E-state index contributed by atoms with van der Waals surface area (Å²) in [6, 6.07) is 0. The summed E-state index contributed by atoms with van der Waals surface area (Å²) in [6.45, 7) is -1.38. The second-order valence-corrected chi connectivity index (χ2v) is 2.92. The molecule has 0 bridgehead atoms. The van der Waals surface area contributed by atoms with Crippen molar-refractivity contribution in [2.45, 2.75) is 26.2 Å². The van der Waals surface area contributed by atoms with E-state index in [0.29, 0.717) is 0 Å². The van der Waals surface area contributed by atoms with Crippen LogP contribution in [-0.2, 0) is 0 Å². The Bertz CT molecular complexity index is 106. The van der Waals surface area contributed by atoms with Crippen molar-refractivity contribution in [1.82, 2.24) is 0 Å². The van der Waals surface area contributed by atoms with Gasteiger partial charge >= 0.3 is 58.4 Å². The van der Waals surface area contributed by atoms with E-state index in [4.69, 9.17) is 5.73 Å². The molecule has 0 aromatic rings. The summed E-state index contributed by atoms with van der Waals surface area (Å²) in [7, 11) is 0. The topological polar surface area (TPSA) is 26.0 Å². The molecule has 0 spiro atoms. The molecule has 1 unspecified atom stereocenters. The Morgan fingerprint density at radius 1 is 1.27 bits per heavy atom. The van der Waals surface area contributed by atoms with Crippen LogP contribution in [0, 0.1) is 5.92 Å². The van der Waals surface area contributed by atoms with Gasteiger partial charge in [-0.3, -0.25) is 0 Å². The van der Waals surface area contributed by atoms with E-state index in [1.165, 1.54) is 0 Å². The van der Waals surface area contributed by atoms with E-state index in [9.17, 15) is 12.9 Å². The number of nitrogens with two attached hydrogens (primary N) is 1. The van der Waals surface area contributed by atoms with Crippen LogP contribution in [0.4, 0.5) is 12.9 Å². The molecular formula is C5H12BF3KN. The zero-order valence-electron chi connectivity index (χ0n) is 7.15. The van der Waals surface area contributed by atoms with E-state index >= 15 is 0 Å². The fraction of sp³-hybridized carbons (Fsp3) is 1.00. The molecule has 0 rings (SSSR count). The average molecular weight is 193 g/mol. The fourth-order valence-corrected chi connectivity index (χ4v) is 0.699. The molecule has 0 radical (unpaired) electrons. The van der Waals surface area contributed by atoms with Gasteiger partial charge in [0.15, 0.2) is 0 Å². The summed E-state index contributed by atoms with van der Waals surface area (Å²) >= 11 is 0. The van der Waals surface area contributed by atoms with Gasteiger partial charge in [0.2, 0.25) is 0 Å². The van der Waals surface area contributed by atoms with Crippen LogP contribution in [0.2, 0.25) is 0 Å². The van der Waals surface area contributed by atoms with Crippen LogP contribution in [0.15, 0.2) is 0 Å². The molecule has 0 amide bonds. The van der Waals surface area contributed by atoms with Crippen molar-refractivity contribution in [2.24, 2.45) is 11.7 Å². The molecule has 1 nitrogen and oxygen atoms in total. The van der Waals surface area contributed by atoms with E-state index < -0.39 is 12.9 Å². The van der Waals surface area contributed by atoms with Crippen molar-refractivity contribution in [1.29, 1.82) is 0 Å². The second-order valence-electron chi connectivity index (χ2n) is 2.92. The zero-order chi connectivity index (χ0) is 8.36. The van der Waals surface area contributed by atoms with Gasteiger partial charge in [-0.05, 0) is 11.9 Å². The van der Waals surface area contributed by atoms with E-state index in [1.807, 2.05) is 0 Å². The molecule has 0 saturated heterocycles. The van der Waals surface area contributed by atoms with E-state index in [1.54, 1.807) is 13.8 Å². The zero-order valence-corrected chi connectivity index (χ0v) is 10.3. The standard InChI is InChI=1S/C5H12BF3N.K/c1-4(2)3-5(10)6(7,8)9;/h4-5H,3,10H2,1-2H3;/q-1;+1. The molecule has 62 valence electrons. The maximum atomic E-state index is 11.7. The predicted octanol–water partition coefficient (Wildman–Crippen LogP) is -1.25. The van der Waals surface area contributed by atoms with Gasteiger partial charge in [-0.1, -0.05) is 20.3 Å². The van der Waals surface area contributed by atoms with Gasteiger partial charge in [-0.25, -0.2) is 0 Å². The minimum absolute atomic E-state index is 0. The minimum Gasteiger partial charge on any atom is -0.448 e. The van der Waals surface area contributed by atoms with Gasteiger partial charge in [0.1, 0.15) is 0 Å². The molecule has 0 aromatic carbocycles. The third kappa shape index (κ3) is 7.80. The van der Waals surface area contributed by atoms with Crippen molar-refractivity contribution in [3.63, 3.8) is 0 Å². The van der Waals surface area contributed by atoms with Crippen LogP contribution >= 0.6 is 0 Å². The summed E-state index contributed by atoms with van der Waals surface area (Å²) in [4.78, 5) is 0. The molecule has 0 heterocycles. The Balaban J connectivity index is 0. The summed E-state index contributed by atoms with van der Waals surface area (Å²) in [5.41, 5.74) is 4.85. The number of halogens is 3. The SMILES string of the molecule is CC(C)CC(N)[B-](F)(F)F.[K+]. The van der Waals surface area contributed by atoms with Crippen LogP contribution in [0.25, 0.3) is 0 Å². The normalized spacial score (nSPS) is 14.5. The van der Waals surface area contributed by atoms with Gasteiger partial charge in [-0.15, -0.1) is 0 Å². The molecule has 2 N–H and O–H groups in total. The largest absolute Gasteiger partial charge is 1.00 e. The molecule has 0 aliphatic carbocycles. The number of hydrogen-bond donors (Lipinski definition) is 1. The van der Waals surface area contributed by atoms with Gasteiger partial charge in [0.05, 0.1) is 0 Å². The molecular weight excluding hydrogens is 181 g/mol. The van der Waals surface area contributed by atoms with Gasteiger partial charge < -0.3 is 18.7 Å². The summed E-state index contributed by atoms with van der Waals surface area (Å²) in [5.74, 6) is -1.58. The molecule has 11 heavy (non-hydrogen) atoms. The Labute approximate surface area is 108 Å². The molecule has 0 aliphatic rings.